The predicted octanol–water partition coefficient (Wildman–Crippen LogP) is 2.82. The number of nitrogens with one attached hydrogen (secondary N) is 1. The Balaban J connectivity index is 1.22. The number of hydrogen-bond acceptors (Lipinski definition) is 7. The zero-order valence-electron chi connectivity index (χ0n) is 21.0. The number of phenols is 1. The fourth-order valence-corrected chi connectivity index (χ4v) is 4.99. The second kappa shape index (κ2) is 11.1. The molecule has 0 radical (unpaired) electrons. The van der Waals surface area contributed by atoms with E-state index in [1.807, 2.05) is 17.0 Å². The first-order valence-corrected chi connectivity index (χ1v) is 12.7. The Kier molecular flexibility index (Phi) is 7.52. The van der Waals surface area contributed by atoms with Crippen LogP contribution in [0.3, 0.4) is 0 Å². The van der Waals surface area contributed by atoms with Crippen molar-refractivity contribution in [3.05, 3.63) is 64.6 Å². The molecular formula is C28H32N4O5. The second-order valence-corrected chi connectivity index (χ2v) is 9.56. The molecule has 9 heteroatoms. The molecule has 2 saturated heterocycles. The van der Waals surface area contributed by atoms with Gasteiger partial charge in [0, 0.05) is 43.3 Å². The Morgan fingerprint density at radius 3 is 2.62 bits per heavy atom. The van der Waals surface area contributed by atoms with Crippen LogP contribution in [0.25, 0.3) is 22.5 Å². The Labute approximate surface area is 215 Å². The molecule has 0 spiro atoms. The molecule has 5 rings (SSSR count). The summed E-state index contributed by atoms with van der Waals surface area (Å²) < 4.78 is 11.3. The molecule has 1 amide bonds. The highest BCUT2D eigenvalue weighted by molar-refractivity contribution is 5.78. The van der Waals surface area contributed by atoms with Gasteiger partial charge in [-0.05, 0) is 61.7 Å². The number of aryl methyl sites for hydroxylation is 1. The molecule has 3 aromatic rings. The lowest BCUT2D eigenvalue weighted by Gasteiger charge is -2.40. The van der Waals surface area contributed by atoms with Gasteiger partial charge in [-0.15, -0.1) is 0 Å². The van der Waals surface area contributed by atoms with Crippen molar-refractivity contribution in [2.24, 2.45) is 0 Å². The van der Waals surface area contributed by atoms with Crippen molar-refractivity contribution in [1.29, 1.82) is 0 Å². The van der Waals surface area contributed by atoms with Gasteiger partial charge >= 0.3 is 5.69 Å². The number of ether oxygens (including phenoxy) is 2. The van der Waals surface area contributed by atoms with Gasteiger partial charge in [0.15, 0.2) is 6.61 Å². The summed E-state index contributed by atoms with van der Waals surface area (Å²) in [6.45, 7) is 6.75. The molecule has 2 aliphatic rings. The fourth-order valence-electron chi connectivity index (χ4n) is 4.99. The largest absolute Gasteiger partial charge is 0.508 e. The minimum atomic E-state index is -0.472. The van der Waals surface area contributed by atoms with Crippen molar-refractivity contribution >= 4 is 5.91 Å². The van der Waals surface area contributed by atoms with Gasteiger partial charge in [0.25, 0.3) is 5.91 Å². The van der Waals surface area contributed by atoms with Gasteiger partial charge in [0.1, 0.15) is 11.5 Å². The van der Waals surface area contributed by atoms with Crippen molar-refractivity contribution in [2.75, 3.05) is 46.0 Å². The number of morpholine rings is 1. The molecule has 2 N–H and O–H groups in total. The first-order chi connectivity index (χ1) is 18.0. The number of carbonyl (C=O) groups excluding carboxylic acids is 1. The van der Waals surface area contributed by atoms with E-state index in [9.17, 15) is 14.7 Å². The van der Waals surface area contributed by atoms with Gasteiger partial charge in [-0.25, -0.2) is 4.79 Å². The predicted molar refractivity (Wildman–Crippen MR) is 140 cm³/mol. The zero-order valence-corrected chi connectivity index (χ0v) is 21.0. The maximum absolute atomic E-state index is 12.8. The standard InChI is InChI=1S/C28H32N4O5/c1-19-15-21(5-6-26(19)33)25-17-24(29-28(35)30-25)20-3-2-4-23(16-20)37-18-27(34)32-9-7-22(8-10-32)31-11-13-36-14-12-31/h2-6,15-17,22,33H,7-14,18H2,1H3,(H,29,30,35). The molecule has 2 fully saturated rings. The highest BCUT2D eigenvalue weighted by Crippen LogP contribution is 2.27. The van der Waals surface area contributed by atoms with Crippen LogP contribution in [0.1, 0.15) is 18.4 Å². The van der Waals surface area contributed by atoms with Crippen molar-refractivity contribution < 1.29 is 19.4 Å². The molecule has 9 nitrogen and oxygen atoms in total. The number of piperidine rings is 1. The summed E-state index contributed by atoms with van der Waals surface area (Å²) in [5.41, 5.74) is 2.80. The summed E-state index contributed by atoms with van der Waals surface area (Å²) in [5.74, 6) is 0.719. The number of hydrogen-bond donors (Lipinski definition) is 2. The minimum absolute atomic E-state index is 0.0202. The summed E-state index contributed by atoms with van der Waals surface area (Å²) in [7, 11) is 0. The molecule has 0 atom stereocenters. The van der Waals surface area contributed by atoms with Crippen LogP contribution in [0.15, 0.2) is 53.3 Å². The average Bonchev–Trinajstić information content (AvgIpc) is 2.93. The Morgan fingerprint density at radius 2 is 1.86 bits per heavy atom. The number of aromatic hydroxyl groups is 1. The van der Waals surface area contributed by atoms with Gasteiger partial charge in [0.05, 0.1) is 24.6 Å². The van der Waals surface area contributed by atoms with Gasteiger partial charge in [0.2, 0.25) is 0 Å². The molecule has 0 aliphatic carbocycles. The molecular weight excluding hydrogens is 472 g/mol. The fraction of sp³-hybridized carbons (Fsp3) is 0.393. The number of aromatic amines is 1. The third kappa shape index (κ3) is 6.00. The number of benzene rings is 2. The number of amides is 1. The average molecular weight is 505 g/mol. The van der Waals surface area contributed by atoms with Crippen LogP contribution in [-0.4, -0.2) is 82.8 Å². The van der Waals surface area contributed by atoms with Gasteiger partial charge in [-0.3, -0.25) is 9.69 Å². The molecule has 0 bridgehead atoms. The lowest BCUT2D eigenvalue weighted by molar-refractivity contribution is -0.135. The third-order valence-electron chi connectivity index (χ3n) is 7.12. The van der Waals surface area contributed by atoms with E-state index in [1.165, 1.54) is 0 Å². The molecule has 194 valence electrons. The van der Waals surface area contributed by atoms with Crippen LogP contribution >= 0.6 is 0 Å². The molecule has 2 aromatic carbocycles. The normalized spacial score (nSPS) is 17.1. The van der Waals surface area contributed by atoms with E-state index in [4.69, 9.17) is 9.47 Å². The Bertz CT molecular complexity index is 1310. The van der Waals surface area contributed by atoms with E-state index in [-0.39, 0.29) is 18.3 Å². The molecule has 37 heavy (non-hydrogen) atoms. The highest BCUT2D eigenvalue weighted by atomic mass is 16.5. The minimum Gasteiger partial charge on any atom is -0.508 e. The van der Waals surface area contributed by atoms with E-state index in [0.717, 1.165) is 63.4 Å². The van der Waals surface area contributed by atoms with E-state index in [2.05, 4.69) is 14.9 Å². The topological polar surface area (TPSA) is 108 Å². The molecule has 2 aliphatic heterocycles. The van der Waals surface area contributed by atoms with Crippen molar-refractivity contribution in [3.63, 3.8) is 0 Å². The second-order valence-electron chi connectivity index (χ2n) is 9.56. The number of rotatable bonds is 6. The monoisotopic (exact) mass is 504 g/mol. The molecule has 1 aromatic heterocycles. The van der Waals surface area contributed by atoms with E-state index >= 15 is 0 Å². The number of H-pyrrole nitrogens is 1. The Hall–Kier alpha value is -3.69. The summed E-state index contributed by atoms with van der Waals surface area (Å²) in [6.07, 6.45) is 1.94. The van der Waals surface area contributed by atoms with Crippen molar-refractivity contribution in [1.82, 2.24) is 19.8 Å². The number of likely N-dealkylation sites (tertiary alicyclic amines) is 1. The summed E-state index contributed by atoms with van der Waals surface area (Å²) in [5, 5.41) is 9.81. The van der Waals surface area contributed by atoms with E-state index < -0.39 is 5.69 Å². The maximum atomic E-state index is 12.8. The first kappa shape index (κ1) is 25.0. The molecule has 0 unspecified atom stereocenters. The number of nitrogens with zero attached hydrogens (tertiary/aromatic N) is 3. The van der Waals surface area contributed by atoms with Gasteiger partial charge < -0.3 is 24.5 Å². The SMILES string of the molecule is Cc1cc(-c2cc(-c3cccc(OCC(=O)N4CCC(N5CCOCC5)CC4)c3)[nH]c(=O)n2)ccc1O. The first-order valence-electron chi connectivity index (χ1n) is 12.7. The van der Waals surface area contributed by atoms with E-state index in [1.54, 1.807) is 43.3 Å². The number of carbonyl (C=O) groups is 1. The van der Waals surface area contributed by atoms with E-state index in [0.29, 0.717) is 28.7 Å². The summed E-state index contributed by atoms with van der Waals surface area (Å²) in [4.78, 5) is 36.3. The number of aromatic nitrogens is 2. The smallest absolute Gasteiger partial charge is 0.345 e. The summed E-state index contributed by atoms with van der Waals surface area (Å²) >= 11 is 0. The van der Waals surface area contributed by atoms with Crippen LogP contribution in [-0.2, 0) is 9.53 Å². The van der Waals surface area contributed by atoms with Gasteiger partial charge in [-0.1, -0.05) is 12.1 Å². The lowest BCUT2D eigenvalue weighted by Crippen LogP contribution is -2.50. The number of phenolic OH excluding ortho intramolecular Hbond substituents is 1. The Morgan fingerprint density at radius 1 is 1.08 bits per heavy atom. The van der Waals surface area contributed by atoms with Crippen molar-refractivity contribution in [3.8, 4) is 34.0 Å². The molecule has 3 heterocycles. The summed E-state index contributed by atoms with van der Waals surface area (Å²) in [6, 6.07) is 14.7. The van der Waals surface area contributed by atoms with Crippen LogP contribution < -0.4 is 10.4 Å². The molecule has 0 saturated carbocycles. The van der Waals surface area contributed by atoms with Crippen LogP contribution in [0.4, 0.5) is 0 Å². The highest BCUT2D eigenvalue weighted by Gasteiger charge is 2.27. The lowest BCUT2D eigenvalue weighted by atomic mass is 10.0. The van der Waals surface area contributed by atoms with Crippen LogP contribution in [0.5, 0.6) is 11.5 Å². The maximum Gasteiger partial charge on any atom is 0.345 e. The zero-order chi connectivity index (χ0) is 25.8. The quantitative estimate of drug-likeness (QED) is 0.532. The third-order valence-corrected chi connectivity index (χ3v) is 7.12. The van der Waals surface area contributed by atoms with Gasteiger partial charge in [-0.2, -0.15) is 4.98 Å². The van der Waals surface area contributed by atoms with Crippen LogP contribution in [0.2, 0.25) is 0 Å². The van der Waals surface area contributed by atoms with Crippen molar-refractivity contribution in [2.45, 2.75) is 25.8 Å². The van der Waals surface area contributed by atoms with Crippen LogP contribution in [0, 0.1) is 6.92 Å².